The van der Waals surface area contributed by atoms with E-state index in [1.54, 1.807) is 57.2 Å². The fourth-order valence-corrected chi connectivity index (χ4v) is 2.91. The second-order valence-corrected chi connectivity index (χ2v) is 8.18. The van der Waals surface area contributed by atoms with Crippen LogP contribution in [0.1, 0.15) is 37.6 Å². The number of alkyl carbamates (subject to hydrolysis) is 1. The zero-order valence-corrected chi connectivity index (χ0v) is 20.2. The summed E-state index contributed by atoms with van der Waals surface area (Å²) >= 11 is 0. The molecule has 0 saturated carbocycles. The Morgan fingerprint density at radius 3 is 1.97 bits per heavy atom. The van der Waals surface area contributed by atoms with Crippen molar-refractivity contribution < 1.29 is 33.3 Å². The van der Waals surface area contributed by atoms with E-state index < -0.39 is 17.6 Å². The number of benzene rings is 2. The quantitative estimate of drug-likeness (QED) is 0.506. The highest BCUT2D eigenvalue weighted by Gasteiger charge is 2.18. The molecule has 0 fully saturated rings. The second-order valence-electron chi connectivity index (χ2n) is 8.18. The molecular weight excluding hydrogens is 442 g/mol. The third kappa shape index (κ3) is 7.88. The van der Waals surface area contributed by atoms with Crippen LogP contribution in [-0.2, 0) is 9.53 Å². The topological polar surface area (TPSA) is 124 Å². The van der Waals surface area contributed by atoms with Gasteiger partial charge < -0.3 is 34.9 Å². The Morgan fingerprint density at radius 1 is 0.853 bits per heavy atom. The molecule has 2 aromatic rings. The fourth-order valence-electron chi connectivity index (χ4n) is 2.91. The van der Waals surface area contributed by atoms with Crippen molar-refractivity contribution in [3.05, 3.63) is 42.0 Å². The first-order valence-electron chi connectivity index (χ1n) is 10.5. The number of nitrogens with one attached hydrogen (secondary N) is 3. The Balaban J connectivity index is 1.98. The number of amides is 3. The number of carbonyl (C=O) groups is 3. The Labute approximate surface area is 198 Å². The number of hydrogen-bond acceptors (Lipinski definition) is 7. The lowest BCUT2D eigenvalue weighted by Gasteiger charge is -2.19. The molecule has 0 aliphatic rings. The third-order valence-electron chi connectivity index (χ3n) is 4.35. The molecule has 0 bridgehead atoms. The summed E-state index contributed by atoms with van der Waals surface area (Å²) in [6.07, 6.45) is -0.529. The van der Waals surface area contributed by atoms with Gasteiger partial charge in [-0.15, -0.1) is 0 Å². The van der Waals surface area contributed by atoms with E-state index in [0.717, 1.165) is 0 Å². The maximum absolute atomic E-state index is 12.8. The first-order chi connectivity index (χ1) is 16.1. The summed E-state index contributed by atoms with van der Waals surface area (Å²) in [5.74, 6) is 0.391. The van der Waals surface area contributed by atoms with Crippen molar-refractivity contribution in [2.24, 2.45) is 0 Å². The molecule has 0 radical (unpaired) electrons. The lowest BCUT2D eigenvalue weighted by molar-refractivity contribution is -0.116. The summed E-state index contributed by atoms with van der Waals surface area (Å²) < 4.78 is 21.0. The molecule has 0 saturated heterocycles. The van der Waals surface area contributed by atoms with Crippen molar-refractivity contribution in [1.82, 2.24) is 5.32 Å². The van der Waals surface area contributed by atoms with Crippen LogP contribution in [0.5, 0.6) is 17.2 Å². The fraction of sp³-hybridized carbons (Fsp3) is 0.375. The Kier molecular flexibility index (Phi) is 9.11. The molecule has 0 atom stereocenters. The maximum Gasteiger partial charge on any atom is 0.407 e. The largest absolute Gasteiger partial charge is 0.493 e. The minimum Gasteiger partial charge on any atom is -0.493 e. The molecule has 3 amide bonds. The van der Waals surface area contributed by atoms with Gasteiger partial charge in [0.2, 0.25) is 11.7 Å². The van der Waals surface area contributed by atoms with Gasteiger partial charge in [-0.05, 0) is 51.1 Å². The minimum atomic E-state index is -0.612. The Hall–Kier alpha value is -3.95. The number of carbonyl (C=O) groups excluding carboxylic acids is 3. The molecule has 3 N–H and O–H groups in total. The van der Waals surface area contributed by atoms with Gasteiger partial charge in [-0.25, -0.2) is 4.79 Å². The van der Waals surface area contributed by atoms with Gasteiger partial charge in [-0.3, -0.25) is 9.59 Å². The van der Waals surface area contributed by atoms with Crippen LogP contribution in [0.25, 0.3) is 0 Å². The van der Waals surface area contributed by atoms with Crippen LogP contribution in [0.3, 0.4) is 0 Å². The maximum atomic E-state index is 12.8. The first-order valence-corrected chi connectivity index (χ1v) is 10.5. The minimum absolute atomic E-state index is 0.0568. The molecule has 0 aliphatic heterocycles. The van der Waals surface area contributed by atoms with Crippen molar-refractivity contribution in [1.29, 1.82) is 0 Å². The molecule has 0 unspecified atom stereocenters. The standard InChI is InChI=1S/C24H31N3O7/c1-24(2,3)34-23(30)25-11-10-20(28)26-16-8-7-9-17(14-16)27-22(29)15-12-18(31-4)21(33-6)19(13-15)32-5/h7-9,12-14H,10-11H2,1-6H3,(H,25,30)(H,26,28)(H,27,29). The van der Waals surface area contributed by atoms with Crippen LogP contribution >= 0.6 is 0 Å². The summed E-state index contributed by atoms with van der Waals surface area (Å²) in [6.45, 7) is 5.39. The van der Waals surface area contributed by atoms with E-state index in [1.165, 1.54) is 21.3 Å². The van der Waals surface area contributed by atoms with E-state index in [1.807, 2.05) is 0 Å². The SMILES string of the molecule is COc1cc(C(=O)Nc2cccc(NC(=O)CCNC(=O)OC(C)(C)C)c2)cc(OC)c1OC. The molecule has 0 aromatic heterocycles. The number of rotatable bonds is 9. The molecular formula is C24H31N3O7. The van der Waals surface area contributed by atoms with Gasteiger partial charge >= 0.3 is 6.09 Å². The summed E-state index contributed by atoms with van der Waals surface area (Å²) in [5.41, 5.74) is 0.657. The lowest BCUT2D eigenvalue weighted by atomic mass is 10.1. The molecule has 0 aliphatic carbocycles. The van der Waals surface area contributed by atoms with E-state index in [0.29, 0.717) is 34.2 Å². The van der Waals surface area contributed by atoms with Crippen molar-refractivity contribution in [2.45, 2.75) is 32.8 Å². The van der Waals surface area contributed by atoms with Crippen LogP contribution in [-0.4, -0.2) is 51.4 Å². The highest BCUT2D eigenvalue weighted by atomic mass is 16.6. The monoisotopic (exact) mass is 473 g/mol. The van der Waals surface area contributed by atoms with Crippen molar-refractivity contribution in [3.8, 4) is 17.2 Å². The number of ether oxygens (including phenoxy) is 4. The van der Waals surface area contributed by atoms with Gasteiger partial charge in [0.05, 0.1) is 21.3 Å². The van der Waals surface area contributed by atoms with E-state index in [2.05, 4.69) is 16.0 Å². The van der Waals surface area contributed by atoms with Crippen molar-refractivity contribution in [3.63, 3.8) is 0 Å². The number of methoxy groups -OCH3 is 3. The second kappa shape index (κ2) is 11.8. The predicted octanol–water partition coefficient (Wildman–Crippen LogP) is 3.82. The summed E-state index contributed by atoms with van der Waals surface area (Å²) in [5, 5.41) is 8.04. The van der Waals surface area contributed by atoms with Gasteiger partial charge in [-0.2, -0.15) is 0 Å². The molecule has 0 heterocycles. The Bertz CT molecular complexity index is 1010. The molecule has 0 spiro atoms. The highest BCUT2D eigenvalue weighted by molar-refractivity contribution is 6.05. The third-order valence-corrected chi connectivity index (χ3v) is 4.35. The predicted molar refractivity (Wildman–Crippen MR) is 128 cm³/mol. The first kappa shape index (κ1) is 26.3. The highest BCUT2D eigenvalue weighted by Crippen LogP contribution is 2.38. The number of hydrogen-bond donors (Lipinski definition) is 3. The zero-order valence-electron chi connectivity index (χ0n) is 20.2. The van der Waals surface area contributed by atoms with Gasteiger partial charge in [0, 0.05) is 29.9 Å². The molecule has 34 heavy (non-hydrogen) atoms. The van der Waals surface area contributed by atoms with Gasteiger partial charge in [0.25, 0.3) is 5.91 Å². The van der Waals surface area contributed by atoms with E-state index in [-0.39, 0.29) is 18.9 Å². The van der Waals surface area contributed by atoms with Crippen molar-refractivity contribution in [2.75, 3.05) is 38.5 Å². The smallest absolute Gasteiger partial charge is 0.407 e. The van der Waals surface area contributed by atoms with Gasteiger partial charge in [-0.1, -0.05) is 6.07 Å². The van der Waals surface area contributed by atoms with Crippen LogP contribution in [0.4, 0.5) is 16.2 Å². The average molecular weight is 474 g/mol. The van der Waals surface area contributed by atoms with Gasteiger partial charge in [0.1, 0.15) is 5.60 Å². The lowest BCUT2D eigenvalue weighted by Crippen LogP contribution is -2.34. The molecule has 2 rings (SSSR count). The normalized spacial score (nSPS) is 10.6. The van der Waals surface area contributed by atoms with E-state index >= 15 is 0 Å². The van der Waals surface area contributed by atoms with E-state index in [9.17, 15) is 14.4 Å². The summed E-state index contributed by atoms with van der Waals surface area (Å²) in [6, 6.07) is 9.78. The molecule has 184 valence electrons. The molecule has 2 aromatic carbocycles. The van der Waals surface area contributed by atoms with Crippen LogP contribution in [0.2, 0.25) is 0 Å². The Morgan fingerprint density at radius 2 is 1.44 bits per heavy atom. The van der Waals surface area contributed by atoms with Crippen LogP contribution < -0.4 is 30.2 Å². The van der Waals surface area contributed by atoms with E-state index in [4.69, 9.17) is 18.9 Å². The average Bonchev–Trinajstić information content (AvgIpc) is 2.76. The van der Waals surface area contributed by atoms with Crippen LogP contribution in [0.15, 0.2) is 36.4 Å². The van der Waals surface area contributed by atoms with Crippen molar-refractivity contribution >= 4 is 29.3 Å². The zero-order chi connectivity index (χ0) is 25.3. The molecule has 10 heteroatoms. The molecule has 10 nitrogen and oxygen atoms in total. The van der Waals surface area contributed by atoms with Gasteiger partial charge in [0.15, 0.2) is 11.5 Å². The summed E-state index contributed by atoms with van der Waals surface area (Å²) in [4.78, 5) is 36.6. The summed E-state index contributed by atoms with van der Waals surface area (Å²) in [7, 11) is 4.41. The van der Waals surface area contributed by atoms with Crippen LogP contribution in [0, 0.1) is 0 Å². The number of anilines is 2.